The number of nitrogens with one attached hydrogen (secondary N) is 3. The zero-order chi connectivity index (χ0) is 71.3. The molecule has 9 heterocycles. The molecule has 0 saturated carbocycles. The van der Waals surface area contributed by atoms with Crippen molar-refractivity contribution < 1.29 is 25.3 Å². The molecule has 30 nitrogen and oxygen atoms in total. The molecule has 12 rings (SSSR count). The third-order valence-corrected chi connectivity index (χ3v) is 18.7. The monoisotopic (exact) mass is 1380 g/mol. The molecule has 9 aromatic heterocycles. The summed E-state index contributed by atoms with van der Waals surface area (Å²) in [4.78, 5) is 78.4. The van der Waals surface area contributed by atoms with Gasteiger partial charge < -0.3 is 33.2 Å². The number of sulfone groups is 3. The van der Waals surface area contributed by atoms with E-state index in [2.05, 4.69) is 60.8 Å². The fraction of sp³-hybridized carbons (Fsp3) is 0.136. The zero-order valence-electron chi connectivity index (χ0n) is 53.2. The number of nitrogen functional groups attached to an aromatic ring is 3. The van der Waals surface area contributed by atoms with Crippen molar-refractivity contribution in [2.45, 2.75) is 53.6 Å². The van der Waals surface area contributed by atoms with Crippen LogP contribution in [0.2, 0.25) is 0 Å². The van der Waals surface area contributed by atoms with Gasteiger partial charge in [0.2, 0.25) is 0 Å². The van der Waals surface area contributed by atoms with Gasteiger partial charge in [-0.15, -0.1) is 0 Å². The van der Waals surface area contributed by atoms with Gasteiger partial charge in [0.25, 0.3) is 16.7 Å². The largest absolute Gasteiger partial charge is 0.382 e. The summed E-state index contributed by atoms with van der Waals surface area (Å²) in [5.74, 6) is 0.559. The Morgan fingerprint density at radius 1 is 0.384 bits per heavy atom. The lowest BCUT2D eigenvalue weighted by Gasteiger charge is -2.20. The second-order valence-electron chi connectivity index (χ2n) is 22.0. The second kappa shape index (κ2) is 28.2. The van der Waals surface area contributed by atoms with Crippen molar-refractivity contribution in [2.75, 3.05) is 51.9 Å². The van der Waals surface area contributed by atoms with Crippen molar-refractivity contribution in [1.82, 2.24) is 58.1 Å². The van der Waals surface area contributed by atoms with Crippen molar-refractivity contribution in [3.63, 3.8) is 0 Å². The number of hydrogen-bond acceptors (Lipinski definition) is 27. The van der Waals surface area contributed by atoms with Crippen molar-refractivity contribution in [1.29, 1.82) is 15.8 Å². The minimum absolute atomic E-state index is 0.0105. The van der Waals surface area contributed by atoms with Crippen LogP contribution in [0.3, 0.4) is 0 Å². The van der Waals surface area contributed by atoms with Gasteiger partial charge in [0.05, 0.1) is 66.6 Å². The molecule has 0 bridgehead atoms. The number of rotatable bonds is 15. The maximum Gasteiger partial charge on any atom is 0.266 e. The van der Waals surface area contributed by atoms with E-state index in [0.717, 1.165) is 18.8 Å². The number of aromatic nitrogens is 12. The minimum atomic E-state index is -3.65. The molecular weight excluding hydrogens is 1330 g/mol. The highest BCUT2D eigenvalue weighted by Crippen LogP contribution is 2.36. The number of nitriles is 3. The van der Waals surface area contributed by atoms with E-state index in [0.29, 0.717) is 34.0 Å². The molecule has 0 aliphatic carbocycles. The maximum atomic E-state index is 13.6. The van der Waals surface area contributed by atoms with Crippen molar-refractivity contribution in [3.05, 3.63) is 230 Å². The molecule has 1 unspecified atom stereocenters. The van der Waals surface area contributed by atoms with Gasteiger partial charge in [0.15, 0.2) is 29.5 Å². The first-order valence-corrected chi connectivity index (χ1v) is 35.1. The number of nitrogens with zero attached hydrogens (tertiary/aromatic N) is 15. The molecule has 0 aliphatic heterocycles. The second-order valence-corrected chi connectivity index (χ2v) is 28.0. The first kappa shape index (κ1) is 68.9. The van der Waals surface area contributed by atoms with Crippen LogP contribution in [0, 0.1) is 34.0 Å². The summed E-state index contributed by atoms with van der Waals surface area (Å²) in [6.45, 7) is 5.19. The molecule has 0 amide bonds. The normalized spacial score (nSPS) is 12.3. The van der Waals surface area contributed by atoms with Gasteiger partial charge >= 0.3 is 0 Å². The van der Waals surface area contributed by atoms with E-state index in [9.17, 15) is 55.4 Å². The summed E-state index contributed by atoms with van der Waals surface area (Å²) in [6.07, 6.45) is 11.6. The smallest absolute Gasteiger partial charge is 0.266 e. The molecule has 0 saturated heterocycles. The Bertz CT molecular complexity index is 5340. The Hall–Kier alpha value is -12.9. The Morgan fingerprint density at radius 3 is 0.869 bits per heavy atom. The van der Waals surface area contributed by atoms with Crippen LogP contribution < -0.4 is 49.8 Å². The van der Waals surface area contributed by atoms with Gasteiger partial charge in [-0.3, -0.25) is 27.6 Å². The fourth-order valence-corrected chi connectivity index (χ4v) is 13.4. The van der Waals surface area contributed by atoms with Crippen LogP contribution in [0.15, 0.2) is 194 Å². The summed E-state index contributed by atoms with van der Waals surface area (Å²) in [5.41, 5.74) is 19.4. The summed E-state index contributed by atoms with van der Waals surface area (Å²) >= 11 is 0. The van der Waals surface area contributed by atoms with E-state index in [-0.39, 0.29) is 99.7 Å². The van der Waals surface area contributed by atoms with Crippen LogP contribution in [0.1, 0.15) is 72.7 Å². The van der Waals surface area contributed by atoms with Crippen LogP contribution in [-0.4, -0.2) is 102 Å². The molecule has 9 N–H and O–H groups in total. The molecule has 0 fully saturated rings. The molecule has 0 aliphatic rings. The molecular formula is C66H57N21O9S3. The Balaban J connectivity index is 0.000000161. The van der Waals surface area contributed by atoms with E-state index in [4.69, 9.17) is 17.2 Å². The van der Waals surface area contributed by atoms with E-state index in [1.54, 1.807) is 149 Å². The third-order valence-electron chi connectivity index (χ3n) is 15.2. The highest BCUT2D eigenvalue weighted by atomic mass is 32.2. The molecule has 3 aromatic carbocycles. The van der Waals surface area contributed by atoms with E-state index >= 15 is 0 Å². The van der Waals surface area contributed by atoms with E-state index in [1.165, 1.54) is 50.4 Å². The number of anilines is 6. The van der Waals surface area contributed by atoms with Crippen LogP contribution in [0.5, 0.6) is 0 Å². The summed E-state index contributed by atoms with van der Waals surface area (Å²) < 4.78 is 79.0. The number of fused-ring (bicyclic) bond motifs is 3. The SMILES string of the molecule is CC(Nc1ncnc(N)c1C#N)c1nc2ccccn2c(=O)c1-c1ccccc1S(C)(=O)=O.C[C@@H](Nc1ncnc(N)c1C#N)c1nc2ccccn2c(=O)c1-c1ccccc1S(C)(=O)=O.C[C@H](Nc1ncnc(N)c1C#N)c1nc2ccccn2c(=O)c1-c1ccccc1S(C)(=O)=O. The Morgan fingerprint density at radius 2 is 0.626 bits per heavy atom. The van der Waals surface area contributed by atoms with Crippen molar-refractivity contribution in [3.8, 4) is 51.6 Å². The lowest BCUT2D eigenvalue weighted by molar-refractivity contribution is 0.600. The lowest BCUT2D eigenvalue weighted by atomic mass is 10.0. The predicted molar refractivity (Wildman–Crippen MR) is 370 cm³/mol. The standard InChI is InChI=1S/3C22H19N7O3S/c3*1-13(27-21-15(11-23)20(24)25-12-26-21)19-18(14-7-3-4-8-16(14)33(2,31)32)22(30)29-10-6-5-9-17(29)28-19/h3*3-10,12-13H,1-2H3,(H3,24,25,26,27)/t2*13-;/m10./s1. The summed E-state index contributed by atoms with van der Waals surface area (Å²) in [7, 11) is -10.9. The number of hydrogen-bond donors (Lipinski definition) is 6. The number of nitrogens with two attached hydrogens (primary N) is 3. The summed E-state index contributed by atoms with van der Waals surface area (Å²) in [6, 6.07) is 38.1. The van der Waals surface area contributed by atoms with Gasteiger partial charge in [0, 0.05) is 54.0 Å². The van der Waals surface area contributed by atoms with Crippen molar-refractivity contribution >= 4 is 81.4 Å². The van der Waals surface area contributed by atoms with Gasteiger partial charge in [-0.2, -0.15) is 15.8 Å². The third kappa shape index (κ3) is 14.2. The highest BCUT2D eigenvalue weighted by Gasteiger charge is 2.29. The van der Waals surface area contributed by atoms with E-state index in [1.807, 2.05) is 18.2 Å². The fourth-order valence-electron chi connectivity index (χ4n) is 10.7. The predicted octanol–water partition coefficient (Wildman–Crippen LogP) is 6.55. The van der Waals surface area contributed by atoms with Crippen LogP contribution in [0.4, 0.5) is 34.9 Å². The molecule has 0 spiro atoms. The number of pyridine rings is 3. The molecule has 12 aromatic rings. The van der Waals surface area contributed by atoms with Crippen molar-refractivity contribution in [2.24, 2.45) is 0 Å². The van der Waals surface area contributed by atoms with Gasteiger partial charge in [0.1, 0.15) is 106 Å². The number of benzene rings is 3. The topological polar surface area (TPSA) is 468 Å². The van der Waals surface area contributed by atoms with E-state index < -0.39 is 64.3 Å². The highest BCUT2D eigenvalue weighted by molar-refractivity contribution is 7.91. The summed E-state index contributed by atoms with van der Waals surface area (Å²) in [5, 5.41) is 37.5. The molecule has 3 atom stereocenters. The molecule has 498 valence electrons. The average Bonchev–Trinajstić information content (AvgIpc) is 0.766. The first-order valence-electron chi connectivity index (χ1n) is 29.4. The molecule has 33 heteroatoms. The molecule has 99 heavy (non-hydrogen) atoms. The minimum Gasteiger partial charge on any atom is -0.382 e. The zero-order valence-corrected chi connectivity index (χ0v) is 55.6. The first-order chi connectivity index (χ1) is 47.2. The van der Waals surface area contributed by atoms with Gasteiger partial charge in [-0.25, -0.2) is 70.1 Å². The van der Waals surface area contributed by atoms with Gasteiger partial charge in [-0.05, 0) is 75.4 Å². The van der Waals surface area contributed by atoms with Crippen LogP contribution >= 0.6 is 0 Å². The Kier molecular flexibility index (Phi) is 19.6. The molecule has 0 radical (unpaired) electrons. The maximum absolute atomic E-state index is 13.6. The quantitative estimate of drug-likeness (QED) is 0.0633. The van der Waals surface area contributed by atoms with Crippen LogP contribution in [0.25, 0.3) is 50.3 Å². The Labute approximate surface area is 564 Å². The average molecular weight is 1380 g/mol. The lowest BCUT2D eigenvalue weighted by Crippen LogP contribution is -2.24. The van der Waals surface area contributed by atoms with Crippen LogP contribution in [-0.2, 0) is 29.5 Å². The van der Waals surface area contributed by atoms with Gasteiger partial charge in [-0.1, -0.05) is 72.8 Å².